The van der Waals surface area contributed by atoms with E-state index in [1.54, 1.807) is 6.33 Å². The Morgan fingerprint density at radius 2 is 2.03 bits per heavy atom. The van der Waals surface area contributed by atoms with Crippen molar-refractivity contribution in [1.82, 2.24) is 24.8 Å². The minimum absolute atomic E-state index is 0.272. The van der Waals surface area contributed by atoms with E-state index in [2.05, 4.69) is 56.7 Å². The molecule has 5 rings (SSSR count). The number of pyridine rings is 1. The molecule has 2 fully saturated rings. The molecule has 32 heavy (non-hydrogen) atoms. The van der Waals surface area contributed by atoms with Crippen LogP contribution in [0.15, 0.2) is 37.2 Å². The highest BCUT2D eigenvalue weighted by molar-refractivity contribution is 6.76. The second-order valence-electron chi connectivity index (χ2n) is 10.5. The number of aromatic nitrogens is 4. The van der Waals surface area contributed by atoms with Crippen molar-refractivity contribution in [3.8, 4) is 11.1 Å². The molecule has 170 valence electrons. The summed E-state index contributed by atoms with van der Waals surface area (Å²) < 4.78 is 8.24. The molecule has 7 nitrogen and oxygen atoms in total. The molecule has 0 saturated carbocycles. The van der Waals surface area contributed by atoms with Crippen LogP contribution in [0.2, 0.25) is 25.7 Å². The van der Waals surface area contributed by atoms with Crippen LogP contribution in [0.5, 0.6) is 0 Å². The number of ether oxygens (including phenoxy) is 1. The molecule has 1 N–H and O–H groups in total. The molecule has 1 atom stereocenters. The van der Waals surface area contributed by atoms with Crippen molar-refractivity contribution in [1.29, 1.82) is 0 Å². The van der Waals surface area contributed by atoms with Gasteiger partial charge in [0.15, 0.2) is 0 Å². The zero-order valence-corrected chi connectivity index (χ0v) is 20.5. The quantitative estimate of drug-likeness (QED) is 0.431. The average molecular weight is 451 g/mol. The van der Waals surface area contributed by atoms with E-state index >= 15 is 0 Å². The maximum absolute atomic E-state index is 6.10. The van der Waals surface area contributed by atoms with Crippen molar-refractivity contribution in [3.05, 3.63) is 37.2 Å². The van der Waals surface area contributed by atoms with Gasteiger partial charge in [0.05, 0.1) is 5.39 Å². The zero-order chi connectivity index (χ0) is 22.2. The van der Waals surface area contributed by atoms with Crippen LogP contribution < -0.4 is 10.2 Å². The maximum atomic E-state index is 6.10. The number of hydrogen-bond acceptors (Lipinski definition) is 6. The fraction of sp³-hybridized carbons (Fsp3) is 0.542. The first-order valence-electron chi connectivity index (χ1n) is 11.8. The first-order chi connectivity index (χ1) is 15.4. The average Bonchev–Trinajstić information content (AvgIpc) is 3.51. The number of nitrogens with one attached hydrogen (secondary N) is 1. The highest BCUT2D eigenvalue weighted by Gasteiger charge is 2.40. The van der Waals surface area contributed by atoms with Gasteiger partial charge in [0.1, 0.15) is 18.7 Å². The Labute approximate surface area is 191 Å². The van der Waals surface area contributed by atoms with Crippen LogP contribution in [0.25, 0.3) is 22.2 Å². The van der Waals surface area contributed by atoms with Gasteiger partial charge in [0.25, 0.3) is 0 Å². The summed E-state index contributed by atoms with van der Waals surface area (Å²) in [6.45, 7) is 11.7. The Bertz CT molecular complexity index is 1070. The Morgan fingerprint density at radius 3 is 2.78 bits per heavy atom. The van der Waals surface area contributed by atoms with E-state index in [1.165, 1.54) is 30.3 Å². The highest BCUT2D eigenvalue weighted by atomic mass is 28.3. The first kappa shape index (κ1) is 21.5. The molecule has 0 aliphatic carbocycles. The molecule has 0 radical (unpaired) electrons. The largest absolute Gasteiger partial charge is 0.369 e. The lowest BCUT2D eigenvalue weighted by molar-refractivity contribution is 0.0899. The van der Waals surface area contributed by atoms with Gasteiger partial charge in [-0.15, -0.1) is 0 Å². The predicted octanol–water partition coefficient (Wildman–Crippen LogP) is 4.14. The normalized spacial score (nSPS) is 21.3. The Morgan fingerprint density at radius 1 is 1.19 bits per heavy atom. The van der Waals surface area contributed by atoms with Gasteiger partial charge in [-0.1, -0.05) is 19.6 Å². The molecule has 1 spiro atoms. The number of fused-ring (bicyclic) bond motifs is 1. The summed E-state index contributed by atoms with van der Waals surface area (Å²) in [4.78, 5) is 15.9. The van der Waals surface area contributed by atoms with Gasteiger partial charge in [0, 0.05) is 74.9 Å². The summed E-state index contributed by atoms with van der Waals surface area (Å²) in [5, 5.41) is 4.95. The van der Waals surface area contributed by atoms with Crippen LogP contribution in [-0.2, 0) is 11.5 Å². The minimum atomic E-state index is -1.12. The van der Waals surface area contributed by atoms with E-state index in [1.807, 2.05) is 18.6 Å². The van der Waals surface area contributed by atoms with Gasteiger partial charge in [-0.05, 0) is 37.9 Å². The van der Waals surface area contributed by atoms with E-state index in [0.29, 0.717) is 6.73 Å². The van der Waals surface area contributed by atoms with Gasteiger partial charge in [0.2, 0.25) is 0 Å². The first-order valence-corrected chi connectivity index (χ1v) is 15.5. The third kappa shape index (κ3) is 4.31. The lowest BCUT2D eigenvalue weighted by atomic mass is 9.97. The van der Waals surface area contributed by atoms with Gasteiger partial charge in [-0.25, -0.2) is 15.0 Å². The van der Waals surface area contributed by atoms with Gasteiger partial charge < -0.3 is 19.5 Å². The van der Waals surface area contributed by atoms with Crippen molar-refractivity contribution < 1.29 is 4.74 Å². The third-order valence-electron chi connectivity index (χ3n) is 6.86. The number of nitrogens with zero attached hydrogens (tertiary/aromatic N) is 5. The van der Waals surface area contributed by atoms with E-state index in [-0.39, 0.29) is 5.54 Å². The molecule has 3 aromatic rings. The zero-order valence-electron chi connectivity index (χ0n) is 19.5. The molecule has 2 aliphatic rings. The van der Waals surface area contributed by atoms with Crippen molar-refractivity contribution >= 4 is 24.8 Å². The highest BCUT2D eigenvalue weighted by Crippen LogP contribution is 2.40. The van der Waals surface area contributed by atoms with Crippen molar-refractivity contribution in [3.63, 3.8) is 0 Å². The SMILES string of the molecule is C[Si](C)(C)CCOCn1cc(-c2cncnc2)c2c(N3CCC4(CCCN4)C3)ccnc21. The van der Waals surface area contributed by atoms with E-state index in [9.17, 15) is 0 Å². The molecular formula is C24H34N6OSi. The molecule has 5 heterocycles. The Kier molecular flexibility index (Phi) is 5.77. The van der Waals surface area contributed by atoms with E-state index in [4.69, 9.17) is 9.72 Å². The van der Waals surface area contributed by atoms with Crippen LogP contribution >= 0.6 is 0 Å². The summed E-state index contributed by atoms with van der Waals surface area (Å²) >= 11 is 0. The molecule has 2 aliphatic heterocycles. The Balaban J connectivity index is 1.50. The summed E-state index contributed by atoms with van der Waals surface area (Å²) in [6.07, 6.45) is 13.2. The molecular weight excluding hydrogens is 416 g/mol. The number of hydrogen-bond donors (Lipinski definition) is 1. The van der Waals surface area contributed by atoms with Crippen molar-refractivity contribution in [2.45, 2.75) is 57.2 Å². The lowest BCUT2D eigenvalue weighted by Gasteiger charge is -2.26. The Hall–Kier alpha value is -2.29. The number of rotatable bonds is 7. The summed E-state index contributed by atoms with van der Waals surface area (Å²) in [6, 6.07) is 3.33. The van der Waals surface area contributed by atoms with E-state index < -0.39 is 8.07 Å². The van der Waals surface area contributed by atoms with Gasteiger partial charge >= 0.3 is 0 Å². The summed E-state index contributed by atoms with van der Waals surface area (Å²) in [5.74, 6) is 0. The van der Waals surface area contributed by atoms with Gasteiger partial charge in [-0.2, -0.15) is 0 Å². The van der Waals surface area contributed by atoms with Crippen LogP contribution in [-0.4, -0.2) is 59.4 Å². The minimum Gasteiger partial charge on any atom is -0.369 e. The topological polar surface area (TPSA) is 68.1 Å². The molecule has 3 aromatic heterocycles. The predicted molar refractivity (Wildman–Crippen MR) is 132 cm³/mol. The van der Waals surface area contributed by atoms with Gasteiger partial charge in [-0.3, -0.25) is 0 Å². The molecule has 0 bridgehead atoms. The van der Waals surface area contributed by atoms with Crippen LogP contribution in [0.4, 0.5) is 5.69 Å². The third-order valence-corrected chi connectivity index (χ3v) is 8.56. The fourth-order valence-electron chi connectivity index (χ4n) is 5.05. The molecule has 1 unspecified atom stereocenters. The number of anilines is 1. The molecule has 0 aromatic carbocycles. The standard InChI is InChI=1S/C24H34N6OSi/c1-32(2,3)12-11-31-18-30-15-20(19-13-25-17-26-14-19)22-21(5-9-27-23(22)30)29-10-7-24(16-29)6-4-8-28-24/h5,9,13-15,17,28H,4,6-8,10-12,16,18H2,1-3H3. The summed E-state index contributed by atoms with van der Waals surface area (Å²) in [7, 11) is -1.12. The molecule has 2 saturated heterocycles. The molecule has 8 heteroatoms. The maximum Gasteiger partial charge on any atom is 0.144 e. The smallest absolute Gasteiger partial charge is 0.144 e. The van der Waals surface area contributed by atoms with Crippen molar-refractivity contribution in [2.75, 3.05) is 31.1 Å². The van der Waals surface area contributed by atoms with Crippen molar-refractivity contribution in [2.24, 2.45) is 0 Å². The summed E-state index contributed by atoms with van der Waals surface area (Å²) in [5.41, 5.74) is 4.63. The monoisotopic (exact) mass is 450 g/mol. The van der Waals surface area contributed by atoms with Crippen LogP contribution in [0, 0.1) is 0 Å². The fourth-order valence-corrected chi connectivity index (χ4v) is 5.81. The van der Waals surface area contributed by atoms with Crippen LogP contribution in [0.3, 0.4) is 0 Å². The second-order valence-corrected chi connectivity index (χ2v) is 16.1. The second kappa shape index (κ2) is 8.57. The molecule has 0 amide bonds. The lowest BCUT2D eigenvalue weighted by Crippen LogP contribution is -2.42. The van der Waals surface area contributed by atoms with E-state index in [0.717, 1.165) is 49.1 Å². The van der Waals surface area contributed by atoms with Crippen LogP contribution in [0.1, 0.15) is 19.3 Å².